The van der Waals surface area contributed by atoms with Crippen molar-refractivity contribution in [2.75, 3.05) is 34.3 Å². The van der Waals surface area contributed by atoms with Gasteiger partial charge in [0, 0.05) is 26.7 Å². The number of likely N-dealkylation sites (N-methyl/N-ethyl adjacent to an activating group) is 1. The van der Waals surface area contributed by atoms with Crippen molar-refractivity contribution in [3.8, 4) is 5.75 Å². The summed E-state index contributed by atoms with van der Waals surface area (Å²) < 4.78 is 32.2. The van der Waals surface area contributed by atoms with Crippen LogP contribution in [0.4, 0.5) is 0 Å². The Morgan fingerprint density at radius 3 is 2.07 bits per heavy atom. The predicted octanol–water partition coefficient (Wildman–Crippen LogP) is 3.32. The molecule has 0 bridgehead atoms. The van der Waals surface area contributed by atoms with Crippen LogP contribution in [0.25, 0.3) is 0 Å². The molecule has 2 aromatic carbocycles. The molecule has 0 radical (unpaired) electrons. The van der Waals surface area contributed by atoms with Gasteiger partial charge in [0.05, 0.1) is 11.4 Å². The van der Waals surface area contributed by atoms with Crippen LogP contribution in [-0.4, -0.2) is 57.8 Å². The fourth-order valence-electron chi connectivity index (χ4n) is 3.05. The zero-order valence-electron chi connectivity index (χ0n) is 18.2. The van der Waals surface area contributed by atoms with E-state index in [4.69, 9.17) is 4.74 Å². The third-order valence-electron chi connectivity index (χ3n) is 4.86. The molecule has 158 valence electrons. The van der Waals surface area contributed by atoms with Crippen LogP contribution in [0.3, 0.4) is 0 Å². The topological polar surface area (TPSA) is 66.9 Å². The molecule has 0 saturated heterocycles. The number of ether oxygens (including phenoxy) is 1. The largest absolute Gasteiger partial charge is 0.492 e. The van der Waals surface area contributed by atoms with Gasteiger partial charge in [-0.05, 0) is 74.2 Å². The number of rotatable bonds is 7. The number of sulfonamides is 1. The van der Waals surface area contributed by atoms with Crippen LogP contribution < -0.4 is 4.74 Å². The standard InChI is InChI=1S/C22H30N2O4S/c1-15-10-16(2)12-20(11-15)28-9-8-24(7)22(25)19-13-17(3)18(4)21(14-19)29(26,27)23(5)6/h10-14H,8-9H2,1-7H3. The maximum atomic E-state index is 12.9. The van der Waals surface area contributed by atoms with Crippen molar-refractivity contribution < 1.29 is 17.9 Å². The summed E-state index contributed by atoms with van der Waals surface area (Å²) in [7, 11) is 1.01. The summed E-state index contributed by atoms with van der Waals surface area (Å²) >= 11 is 0. The van der Waals surface area contributed by atoms with Gasteiger partial charge in [-0.1, -0.05) is 6.07 Å². The second-order valence-electron chi connectivity index (χ2n) is 7.60. The molecular formula is C22H30N2O4S. The highest BCUT2D eigenvalue weighted by atomic mass is 32.2. The van der Waals surface area contributed by atoms with E-state index in [0.29, 0.717) is 24.3 Å². The lowest BCUT2D eigenvalue weighted by atomic mass is 10.1. The van der Waals surface area contributed by atoms with Crippen LogP contribution in [0.15, 0.2) is 35.2 Å². The molecule has 7 heteroatoms. The lowest BCUT2D eigenvalue weighted by Crippen LogP contribution is -2.31. The van der Waals surface area contributed by atoms with E-state index in [0.717, 1.165) is 26.7 Å². The van der Waals surface area contributed by atoms with E-state index >= 15 is 0 Å². The van der Waals surface area contributed by atoms with Crippen LogP contribution in [-0.2, 0) is 10.0 Å². The fourth-order valence-corrected chi connectivity index (χ4v) is 4.27. The Labute approximate surface area is 174 Å². The van der Waals surface area contributed by atoms with Gasteiger partial charge in [0.15, 0.2) is 0 Å². The Kier molecular flexibility index (Phi) is 7.08. The molecule has 0 aromatic heterocycles. The number of hydrogen-bond acceptors (Lipinski definition) is 4. The molecule has 2 rings (SSSR count). The zero-order chi connectivity index (χ0) is 21.9. The predicted molar refractivity (Wildman–Crippen MR) is 115 cm³/mol. The van der Waals surface area contributed by atoms with Crippen molar-refractivity contribution in [2.24, 2.45) is 0 Å². The van der Waals surface area contributed by atoms with E-state index in [-0.39, 0.29) is 10.8 Å². The molecule has 0 unspecified atom stereocenters. The minimum Gasteiger partial charge on any atom is -0.492 e. The molecule has 0 spiro atoms. The number of carbonyl (C=O) groups is 1. The summed E-state index contributed by atoms with van der Waals surface area (Å²) in [6, 6.07) is 9.17. The van der Waals surface area contributed by atoms with E-state index in [1.807, 2.05) is 32.9 Å². The van der Waals surface area contributed by atoms with Crippen molar-refractivity contribution in [2.45, 2.75) is 32.6 Å². The Morgan fingerprint density at radius 1 is 0.931 bits per heavy atom. The highest BCUT2D eigenvalue weighted by molar-refractivity contribution is 7.89. The summed E-state index contributed by atoms with van der Waals surface area (Å²) in [5.41, 5.74) is 4.00. The molecule has 0 saturated carbocycles. The zero-order valence-corrected chi connectivity index (χ0v) is 19.1. The second kappa shape index (κ2) is 8.97. The lowest BCUT2D eigenvalue weighted by molar-refractivity contribution is 0.0773. The second-order valence-corrected chi connectivity index (χ2v) is 9.72. The number of aryl methyl sites for hydroxylation is 3. The number of hydrogen-bond donors (Lipinski definition) is 0. The monoisotopic (exact) mass is 418 g/mol. The molecule has 6 nitrogen and oxygen atoms in total. The van der Waals surface area contributed by atoms with Crippen molar-refractivity contribution >= 4 is 15.9 Å². The van der Waals surface area contributed by atoms with Gasteiger partial charge in [0.25, 0.3) is 5.91 Å². The van der Waals surface area contributed by atoms with Crippen molar-refractivity contribution in [1.82, 2.24) is 9.21 Å². The van der Waals surface area contributed by atoms with Gasteiger partial charge in [-0.3, -0.25) is 4.79 Å². The van der Waals surface area contributed by atoms with Crippen LogP contribution >= 0.6 is 0 Å². The maximum absolute atomic E-state index is 12.9. The van der Waals surface area contributed by atoms with Gasteiger partial charge in [0.2, 0.25) is 10.0 Å². The first kappa shape index (κ1) is 22.9. The molecule has 0 aliphatic heterocycles. The van der Waals surface area contributed by atoms with Crippen molar-refractivity contribution in [3.63, 3.8) is 0 Å². The quantitative estimate of drug-likeness (QED) is 0.692. The fraction of sp³-hybridized carbons (Fsp3) is 0.409. The summed E-state index contributed by atoms with van der Waals surface area (Å²) in [4.78, 5) is 14.6. The molecule has 0 N–H and O–H groups in total. The Hall–Kier alpha value is -2.38. The Morgan fingerprint density at radius 2 is 1.52 bits per heavy atom. The SMILES string of the molecule is Cc1cc(C)cc(OCCN(C)C(=O)c2cc(C)c(C)c(S(=O)(=O)N(C)C)c2)c1. The van der Waals surface area contributed by atoms with Crippen LogP contribution in [0, 0.1) is 27.7 Å². The summed E-state index contributed by atoms with van der Waals surface area (Å²) in [5, 5.41) is 0. The molecule has 2 aromatic rings. The lowest BCUT2D eigenvalue weighted by Gasteiger charge is -2.20. The Bertz CT molecular complexity index is 993. The van der Waals surface area contributed by atoms with Gasteiger partial charge in [-0.2, -0.15) is 0 Å². The molecule has 0 aliphatic carbocycles. The number of amides is 1. The van der Waals surface area contributed by atoms with Gasteiger partial charge in [-0.15, -0.1) is 0 Å². The molecule has 0 atom stereocenters. The molecule has 0 aliphatic rings. The summed E-state index contributed by atoms with van der Waals surface area (Å²) in [6.07, 6.45) is 0. The normalized spacial score (nSPS) is 11.6. The van der Waals surface area contributed by atoms with E-state index in [2.05, 4.69) is 6.07 Å². The molecule has 29 heavy (non-hydrogen) atoms. The molecular weight excluding hydrogens is 388 g/mol. The third kappa shape index (κ3) is 5.36. The Balaban J connectivity index is 2.16. The van der Waals surface area contributed by atoms with Gasteiger partial charge >= 0.3 is 0 Å². The molecule has 0 fully saturated rings. The minimum absolute atomic E-state index is 0.158. The van der Waals surface area contributed by atoms with E-state index < -0.39 is 10.0 Å². The first-order chi connectivity index (χ1) is 13.4. The number of carbonyl (C=O) groups excluding carboxylic acids is 1. The summed E-state index contributed by atoms with van der Waals surface area (Å²) in [5.74, 6) is 0.529. The minimum atomic E-state index is -3.64. The van der Waals surface area contributed by atoms with Gasteiger partial charge in [-0.25, -0.2) is 12.7 Å². The van der Waals surface area contributed by atoms with Crippen LogP contribution in [0.5, 0.6) is 5.75 Å². The molecule has 1 amide bonds. The maximum Gasteiger partial charge on any atom is 0.253 e. The van der Waals surface area contributed by atoms with Gasteiger partial charge in [0.1, 0.15) is 12.4 Å². The highest BCUT2D eigenvalue weighted by Gasteiger charge is 2.23. The average molecular weight is 419 g/mol. The van der Waals surface area contributed by atoms with Crippen LogP contribution in [0.1, 0.15) is 32.6 Å². The first-order valence-corrected chi connectivity index (χ1v) is 10.9. The van der Waals surface area contributed by atoms with E-state index in [9.17, 15) is 13.2 Å². The number of benzene rings is 2. The van der Waals surface area contributed by atoms with E-state index in [1.165, 1.54) is 20.2 Å². The van der Waals surface area contributed by atoms with E-state index in [1.54, 1.807) is 24.9 Å². The van der Waals surface area contributed by atoms with Crippen molar-refractivity contribution in [1.29, 1.82) is 0 Å². The summed E-state index contributed by atoms with van der Waals surface area (Å²) in [6.45, 7) is 8.31. The number of nitrogens with zero attached hydrogens (tertiary/aromatic N) is 2. The van der Waals surface area contributed by atoms with Crippen LogP contribution in [0.2, 0.25) is 0 Å². The molecule has 0 heterocycles. The average Bonchev–Trinajstić information content (AvgIpc) is 2.62. The third-order valence-corrected chi connectivity index (χ3v) is 6.80. The van der Waals surface area contributed by atoms with Crippen molar-refractivity contribution in [3.05, 3.63) is 58.1 Å². The van der Waals surface area contributed by atoms with Gasteiger partial charge < -0.3 is 9.64 Å². The first-order valence-electron chi connectivity index (χ1n) is 9.44. The smallest absolute Gasteiger partial charge is 0.253 e. The highest BCUT2D eigenvalue weighted by Crippen LogP contribution is 2.24.